The Morgan fingerprint density at radius 1 is 1.14 bits per heavy atom. The Balaban J connectivity index is 1.83. The molecule has 0 aliphatic heterocycles. The zero-order valence-electron chi connectivity index (χ0n) is 17.7. The lowest BCUT2D eigenvalue weighted by Gasteiger charge is -2.08. The maximum absolute atomic E-state index is 12.5. The van der Waals surface area contributed by atoms with Crippen molar-refractivity contribution >= 4 is 27.5 Å². The molecule has 6 heteroatoms. The average Bonchev–Trinajstić information content (AvgIpc) is 3.01. The first kappa shape index (κ1) is 21.3. The quantitative estimate of drug-likeness (QED) is 0.570. The molecule has 0 aliphatic carbocycles. The van der Waals surface area contributed by atoms with Gasteiger partial charge in [-0.05, 0) is 60.7 Å². The first-order valence-electron chi connectivity index (χ1n) is 9.79. The molecule has 0 saturated heterocycles. The molecule has 0 unspecified atom stereocenters. The van der Waals surface area contributed by atoms with Crippen LogP contribution in [0.4, 0.5) is 0 Å². The molecule has 0 saturated carbocycles. The van der Waals surface area contributed by atoms with Crippen molar-refractivity contribution in [2.75, 3.05) is 20.3 Å². The lowest BCUT2D eigenvalue weighted by Crippen LogP contribution is -2.21. The first-order valence-corrected chi connectivity index (χ1v) is 10.6. The number of fused-ring (bicyclic) bond motifs is 1. The minimum atomic E-state index is -0.302. The summed E-state index contributed by atoms with van der Waals surface area (Å²) in [6.07, 6.45) is 0. The number of rotatable bonds is 7. The van der Waals surface area contributed by atoms with Crippen molar-refractivity contribution in [3.05, 3.63) is 57.9 Å². The molecule has 0 N–H and O–H groups in total. The van der Waals surface area contributed by atoms with Gasteiger partial charge in [0.15, 0.2) is 11.4 Å². The van der Waals surface area contributed by atoms with E-state index in [1.165, 1.54) is 28.0 Å². The fourth-order valence-corrected chi connectivity index (χ4v) is 4.19. The Kier molecular flexibility index (Phi) is 6.87. The van der Waals surface area contributed by atoms with Gasteiger partial charge in [-0.2, -0.15) is 4.99 Å². The van der Waals surface area contributed by atoms with Crippen LogP contribution in [0.15, 0.2) is 41.4 Å². The van der Waals surface area contributed by atoms with E-state index in [0.29, 0.717) is 29.6 Å². The van der Waals surface area contributed by atoms with Crippen LogP contribution >= 0.6 is 11.3 Å². The molecule has 1 aromatic heterocycles. The number of thiazole rings is 1. The minimum Gasteiger partial charge on any atom is -0.484 e. The predicted molar refractivity (Wildman–Crippen MR) is 118 cm³/mol. The molecule has 3 aromatic rings. The van der Waals surface area contributed by atoms with Crippen molar-refractivity contribution in [3.63, 3.8) is 0 Å². The number of ether oxygens (including phenoxy) is 2. The smallest absolute Gasteiger partial charge is 0.286 e. The van der Waals surface area contributed by atoms with Gasteiger partial charge in [0.05, 0.1) is 16.8 Å². The van der Waals surface area contributed by atoms with Crippen molar-refractivity contribution < 1.29 is 14.3 Å². The molecule has 29 heavy (non-hydrogen) atoms. The van der Waals surface area contributed by atoms with E-state index in [4.69, 9.17) is 9.47 Å². The van der Waals surface area contributed by atoms with Crippen LogP contribution in [0.25, 0.3) is 10.2 Å². The first-order chi connectivity index (χ1) is 13.9. The number of hydrogen-bond acceptors (Lipinski definition) is 4. The topological polar surface area (TPSA) is 52.8 Å². The van der Waals surface area contributed by atoms with Gasteiger partial charge in [-0.25, -0.2) is 0 Å². The van der Waals surface area contributed by atoms with Crippen molar-refractivity contribution in [3.8, 4) is 5.75 Å². The highest BCUT2D eigenvalue weighted by Crippen LogP contribution is 2.22. The molecule has 0 radical (unpaired) electrons. The van der Waals surface area contributed by atoms with Crippen molar-refractivity contribution in [1.29, 1.82) is 0 Å². The third-order valence-corrected chi connectivity index (χ3v) is 5.99. The molecule has 0 aliphatic rings. The predicted octanol–water partition coefficient (Wildman–Crippen LogP) is 4.60. The average molecular weight is 413 g/mol. The summed E-state index contributed by atoms with van der Waals surface area (Å²) in [6.45, 7) is 9.58. The summed E-state index contributed by atoms with van der Waals surface area (Å²) in [5.74, 6) is 0.834. The van der Waals surface area contributed by atoms with Gasteiger partial charge in [-0.15, -0.1) is 0 Å². The van der Waals surface area contributed by atoms with Crippen LogP contribution in [-0.2, 0) is 16.1 Å². The number of methoxy groups -OCH3 is 1. The largest absolute Gasteiger partial charge is 0.484 e. The highest BCUT2D eigenvalue weighted by atomic mass is 32.1. The molecule has 0 spiro atoms. The van der Waals surface area contributed by atoms with Crippen LogP contribution in [0.1, 0.15) is 36.5 Å². The second kappa shape index (κ2) is 9.37. The number of carbonyl (C=O) groups is 1. The van der Waals surface area contributed by atoms with Gasteiger partial charge in [0.2, 0.25) is 0 Å². The molecule has 5 nitrogen and oxygen atoms in total. The number of carbonyl (C=O) groups excluding carboxylic acids is 1. The molecule has 0 bridgehead atoms. The number of aryl methyl sites for hydroxylation is 2. The summed E-state index contributed by atoms with van der Waals surface area (Å²) in [5, 5.41) is 0. The molecule has 0 atom stereocenters. The molecule has 3 rings (SSSR count). The summed E-state index contributed by atoms with van der Waals surface area (Å²) in [4.78, 5) is 17.5. The van der Waals surface area contributed by atoms with Crippen LogP contribution < -0.4 is 9.54 Å². The number of amides is 1. The highest BCUT2D eigenvalue weighted by molar-refractivity contribution is 7.16. The molecule has 1 amide bonds. The van der Waals surface area contributed by atoms with Gasteiger partial charge in [-0.1, -0.05) is 37.3 Å². The van der Waals surface area contributed by atoms with E-state index >= 15 is 0 Å². The van der Waals surface area contributed by atoms with E-state index in [2.05, 4.69) is 44.8 Å². The van der Waals surface area contributed by atoms with E-state index in [0.717, 1.165) is 10.2 Å². The molecular formula is C23H28N2O3S. The lowest BCUT2D eigenvalue weighted by molar-refractivity contribution is -0.120. The van der Waals surface area contributed by atoms with Crippen molar-refractivity contribution in [2.45, 2.75) is 40.2 Å². The Hall–Kier alpha value is -2.44. The lowest BCUT2D eigenvalue weighted by atomic mass is 10.0. The maximum atomic E-state index is 12.5. The molecular weight excluding hydrogens is 384 g/mol. The van der Waals surface area contributed by atoms with Crippen LogP contribution in [0.3, 0.4) is 0 Å². The van der Waals surface area contributed by atoms with Crippen molar-refractivity contribution in [2.24, 2.45) is 4.99 Å². The molecule has 1 heterocycles. The standard InChI is InChI=1S/C23H28N2O3S/c1-15(2)18-6-8-19(9-7-18)28-14-22(26)24-23-25(10-11-27-5)20-12-16(3)17(4)13-21(20)29-23/h6-9,12-13,15H,10-11,14H2,1-5H3. The Bertz CT molecular complexity index is 1060. The normalized spacial score (nSPS) is 12.1. The van der Waals surface area contributed by atoms with E-state index in [1.807, 2.05) is 28.8 Å². The molecule has 0 fully saturated rings. The summed E-state index contributed by atoms with van der Waals surface area (Å²) in [6, 6.07) is 12.1. The number of benzene rings is 2. The van der Waals surface area contributed by atoms with E-state index in [1.54, 1.807) is 7.11 Å². The fraction of sp³-hybridized carbons (Fsp3) is 0.391. The Labute approximate surface area is 175 Å². The van der Waals surface area contributed by atoms with E-state index in [-0.39, 0.29) is 12.5 Å². The number of hydrogen-bond donors (Lipinski definition) is 0. The SMILES string of the molecule is COCCn1c(=NC(=O)COc2ccc(C(C)C)cc2)sc2cc(C)c(C)cc21. The van der Waals surface area contributed by atoms with Gasteiger partial charge in [-0.3, -0.25) is 4.79 Å². The second-order valence-corrected chi connectivity index (χ2v) is 8.46. The summed E-state index contributed by atoms with van der Waals surface area (Å²) >= 11 is 1.52. The van der Waals surface area contributed by atoms with Gasteiger partial charge in [0.25, 0.3) is 5.91 Å². The van der Waals surface area contributed by atoms with E-state index in [9.17, 15) is 4.79 Å². The zero-order chi connectivity index (χ0) is 21.0. The van der Waals surface area contributed by atoms with Crippen LogP contribution in [-0.4, -0.2) is 30.8 Å². The third kappa shape index (κ3) is 5.14. The molecule has 2 aromatic carbocycles. The van der Waals surface area contributed by atoms with E-state index < -0.39 is 0 Å². The highest BCUT2D eigenvalue weighted by Gasteiger charge is 2.10. The van der Waals surface area contributed by atoms with Gasteiger partial charge < -0.3 is 14.0 Å². The molecule has 154 valence electrons. The van der Waals surface area contributed by atoms with Gasteiger partial charge in [0, 0.05) is 13.7 Å². The zero-order valence-corrected chi connectivity index (χ0v) is 18.5. The van der Waals surface area contributed by atoms with Gasteiger partial charge >= 0.3 is 0 Å². The number of aromatic nitrogens is 1. The van der Waals surface area contributed by atoms with Crippen LogP contribution in [0, 0.1) is 13.8 Å². The third-order valence-electron chi connectivity index (χ3n) is 4.95. The second-order valence-electron chi connectivity index (χ2n) is 7.45. The Morgan fingerprint density at radius 2 is 1.83 bits per heavy atom. The van der Waals surface area contributed by atoms with Crippen LogP contribution in [0.5, 0.6) is 5.75 Å². The summed E-state index contributed by atoms with van der Waals surface area (Å²) in [5.41, 5.74) is 4.76. The summed E-state index contributed by atoms with van der Waals surface area (Å²) < 4.78 is 14.0. The van der Waals surface area contributed by atoms with Crippen LogP contribution in [0.2, 0.25) is 0 Å². The monoisotopic (exact) mass is 412 g/mol. The minimum absolute atomic E-state index is 0.0857. The van der Waals surface area contributed by atoms with Gasteiger partial charge in [0.1, 0.15) is 5.75 Å². The van der Waals surface area contributed by atoms with Crippen molar-refractivity contribution in [1.82, 2.24) is 4.57 Å². The fourth-order valence-electron chi connectivity index (χ4n) is 3.04. The Morgan fingerprint density at radius 3 is 2.48 bits per heavy atom. The summed E-state index contributed by atoms with van der Waals surface area (Å²) in [7, 11) is 1.67. The maximum Gasteiger partial charge on any atom is 0.286 e. The number of nitrogens with zero attached hydrogens (tertiary/aromatic N) is 2.